The highest BCUT2D eigenvalue weighted by molar-refractivity contribution is 5.95. The van der Waals surface area contributed by atoms with Gasteiger partial charge in [-0.15, -0.1) is 0 Å². The summed E-state index contributed by atoms with van der Waals surface area (Å²) in [6, 6.07) is 43.8. The Bertz CT molecular complexity index is 2170. The van der Waals surface area contributed by atoms with E-state index in [-0.39, 0.29) is 41.7 Å². The van der Waals surface area contributed by atoms with E-state index in [1.165, 1.54) is 0 Å². The molecule has 0 amide bonds. The van der Waals surface area contributed by atoms with Crippen LogP contribution in [0.2, 0.25) is 0 Å². The largest absolute Gasteiger partial charge is 0.354 e. The number of rotatable bonds is 8. The van der Waals surface area contributed by atoms with Crippen LogP contribution in [0.4, 0.5) is 22.7 Å². The maximum absolute atomic E-state index is 9.13. The van der Waals surface area contributed by atoms with E-state index in [0.29, 0.717) is 45.0 Å². The Morgan fingerprint density at radius 1 is 0.417 bits per heavy atom. The molecule has 0 saturated heterocycles. The predicted molar refractivity (Wildman–Crippen MR) is 206 cm³/mol. The van der Waals surface area contributed by atoms with Crippen LogP contribution in [-0.4, -0.2) is 0 Å². The van der Waals surface area contributed by atoms with Crippen LogP contribution in [0, 0.1) is 0 Å². The first kappa shape index (κ1) is 24.3. The molecule has 48 heavy (non-hydrogen) atoms. The monoisotopic (exact) mass is 626 g/mol. The van der Waals surface area contributed by atoms with Crippen molar-refractivity contribution in [2.24, 2.45) is 0 Å². The van der Waals surface area contributed by atoms with Gasteiger partial charge in [-0.3, -0.25) is 0 Å². The van der Waals surface area contributed by atoms with Gasteiger partial charge in [-0.2, -0.15) is 0 Å². The van der Waals surface area contributed by atoms with Crippen LogP contribution < -0.4 is 10.6 Å². The van der Waals surface area contributed by atoms with Crippen LogP contribution in [-0.2, 0) is 5.41 Å². The molecule has 2 nitrogen and oxygen atoms in total. The lowest BCUT2D eigenvalue weighted by Crippen LogP contribution is -2.12. The number of hydrogen-bond acceptors (Lipinski definition) is 2. The van der Waals surface area contributed by atoms with Crippen molar-refractivity contribution in [3.63, 3.8) is 0 Å². The lowest BCUT2D eigenvalue weighted by atomic mass is 9.86. The van der Waals surface area contributed by atoms with Gasteiger partial charge in [0.15, 0.2) is 0 Å². The molecule has 0 aliphatic carbocycles. The van der Waals surface area contributed by atoms with Crippen LogP contribution in [0.15, 0.2) is 176 Å². The van der Waals surface area contributed by atoms with Crippen LogP contribution in [0.25, 0.3) is 44.5 Å². The maximum Gasteiger partial charge on any atom is 0.0630 e. The Morgan fingerprint density at radius 2 is 0.708 bits per heavy atom. The van der Waals surface area contributed by atoms with E-state index < -0.39 is 0 Å². The fourth-order valence-electron chi connectivity index (χ4n) is 5.84. The molecule has 7 aromatic carbocycles. The first-order chi connectivity index (χ1) is 25.9. The first-order valence-electron chi connectivity index (χ1n) is 19.1. The third kappa shape index (κ3) is 6.65. The van der Waals surface area contributed by atoms with E-state index in [2.05, 4.69) is 43.5 Å². The van der Waals surface area contributed by atoms with Crippen molar-refractivity contribution >= 4 is 22.7 Å². The van der Waals surface area contributed by atoms with Crippen LogP contribution in [0.5, 0.6) is 0 Å². The molecule has 0 aliphatic heterocycles. The normalized spacial score (nSPS) is 13.0. The van der Waals surface area contributed by atoms with Gasteiger partial charge in [-0.05, 0) is 51.4 Å². The standard InChI is InChI=1S/C46H40N2/c1-46(2,3)37-30-38(47-44-40(33-18-8-4-9-19-33)26-16-27-41(44)34-20-10-5-11-21-34)32-39(31-37)48-45-42(35-22-12-6-13-23-35)28-17-29-43(45)36-24-14-7-15-25-36/h4-32,47-48H,1-3H3/i16D,17D,26D,27D,28D,29D. The minimum absolute atomic E-state index is 0.0415. The Labute approximate surface area is 293 Å². The van der Waals surface area contributed by atoms with Gasteiger partial charge in [0.05, 0.1) is 19.6 Å². The number of hydrogen-bond donors (Lipinski definition) is 2. The topological polar surface area (TPSA) is 24.1 Å². The highest BCUT2D eigenvalue weighted by Crippen LogP contribution is 2.42. The van der Waals surface area contributed by atoms with Crippen molar-refractivity contribution in [2.45, 2.75) is 26.2 Å². The van der Waals surface area contributed by atoms with E-state index >= 15 is 0 Å². The highest BCUT2D eigenvalue weighted by atomic mass is 14.9. The zero-order chi connectivity index (χ0) is 38.1. The number of benzene rings is 7. The van der Waals surface area contributed by atoms with Gasteiger partial charge in [-0.1, -0.05) is 178 Å². The summed E-state index contributed by atoms with van der Waals surface area (Å²) in [6.07, 6.45) is 0. The van der Waals surface area contributed by atoms with Crippen molar-refractivity contribution in [1.82, 2.24) is 0 Å². The fraction of sp³-hybridized carbons (Fsp3) is 0.0870. The summed E-state index contributed by atoms with van der Waals surface area (Å²) >= 11 is 0. The molecular weight excluding hydrogens is 581 g/mol. The molecule has 2 N–H and O–H groups in total. The van der Waals surface area contributed by atoms with Crippen molar-refractivity contribution in [1.29, 1.82) is 0 Å². The van der Waals surface area contributed by atoms with Gasteiger partial charge in [-0.25, -0.2) is 0 Å². The zero-order valence-corrected chi connectivity index (χ0v) is 27.3. The third-order valence-electron chi connectivity index (χ3n) is 8.34. The van der Waals surface area contributed by atoms with Gasteiger partial charge in [0.2, 0.25) is 0 Å². The average Bonchev–Trinajstić information content (AvgIpc) is 3.17. The highest BCUT2D eigenvalue weighted by Gasteiger charge is 2.19. The lowest BCUT2D eigenvalue weighted by molar-refractivity contribution is 0.591. The average molecular weight is 627 g/mol. The summed E-state index contributed by atoms with van der Waals surface area (Å²) in [5.41, 5.74) is 8.25. The smallest absolute Gasteiger partial charge is 0.0630 e. The van der Waals surface area contributed by atoms with Crippen molar-refractivity contribution in [2.75, 3.05) is 10.6 Å². The minimum Gasteiger partial charge on any atom is -0.354 e. The molecule has 0 aliphatic rings. The van der Waals surface area contributed by atoms with Crippen molar-refractivity contribution < 1.29 is 8.22 Å². The third-order valence-corrected chi connectivity index (χ3v) is 8.34. The molecule has 7 rings (SSSR count). The summed E-state index contributed by atoms with van der Waals surface area (Å²) in [7, 11) is 0. The molecule has 0 fully saturated rings. The van der Waals surface area contributed by atoms with Gasteiger partial charge in [0, 0.05) is 33.6 Å². The van der Waals surface area contributed by atoms with Gasteiger partial charge < -0.3 is 10.6 Å². The Morgan fingerprint density at radius 3 is 0.979 bits per heavy atom. The number of anilines is 4. The summed E-state index contributed by atoms with van der Waals surface area (Å²) in [5.74, 6) is 0. The molecule has 0 bridgehead atoms. The molecule has 0 aromatic heterocycles. The van der Waals surface area contributed by atoms with Crippen molar-refractivity contribution in [3.05, 3.63) is 181 Å². The molecule has 0 atom stereocenters. The second-order valence-corrected chi connectivity index (χ2v) is 12.8. The summed E-state index contributed by atoms with van der Waals surface area (Å²) in [5, 5.41) is 7.29. The van der Waals surface area contributed by atoms with E-state index in [1.54, 1.807) is 0 Å². The molecule has 2 heteroatoms. The maximum atomic E-state index is 9.13. The summed E-state index contributed by atoms with van der Waals surface area (Å²) in [4.78, 5) is 0. The van der Waals surface area contributed by atoms with Crippen molar-refractivity contribution in [3.8, 4) is 44.5 Å². The Balaban J connectivity index is 1.48. The second kappa shape index (κ2) is 13.5. The quantitative estimate of drug-likeness (QED) is 0.175. The predicted octanol–water partition coefficient (Wildman–Crippen LogP) is 13.1. The van der Waals surface area contributed by atoms with Crippen LogP contribution in [0.3, 0.4) is 0 Å². The Kier molecular flexibility index (Phi) is 6.83. The zero-order valence-electron chi connectivity index (χ0n) is 33.3. The van der Waals surface area contributed by atoms with Gasteiger partial charge in [0.1, 0.15) is 0 Å². The molecule has 0 unspecified atom stereocenters. The minimum atomic E-state index is -0.304. The second-order valence-electron chi connectivity index (χ2n) is 12.8. The molecule has 234 valence electrons. The number of nitrogens with one attached hydrogen (secondary N) is 2. The van der Waals surface area contributed by atoms with Crippen LogP contribution in [0.1, 0.15) is 34.6 Å². The molecule has 7 aromatic rings. The molecule has 0 heterocycles. The SMILES string of the molecule is [2H]c1c([2H])c(-c2ccccc2)c(Nc2cc(Nc3c(-c4ccccc4)c([2H])c([2H])c([2H])c3-c3ccccc3)cc(C(C)(C)C)c2)c(-c2ccccc2)c1[2H]. The lowest BCUT2D eigenvalue weighted by Gasteiger charge is -2.24. The summed E-state index contributed by atoms with van der Waals surface area (Å²) < 4.78 is 54.2. The van der Waals surface area contributed by atoms with E-state index in [4.69, 9.17) is 8.22 Å². The fourth-order valence-corrected chi connectivity index (χ4v) is 5.84. The molecule has 0 saturated carbocycles. The summed E-state index contributed by atoms with van der Waals surface area (Å²) in [6.45, 7) is 6.38. The molecule has 0 spiro atoms. The van der Waals surface area contributed by atoms with Crippen LogP contribution >= 0.6 is 0 Å². The van der Waals surface area contributed by atoms with Gasteiger partial charge >= 0.3 is 0 Å². The van der Waals surface area contributed by atoms with Gasteiger partial charge in [0.25, 0.3) is 0 Å². The van der Waals surface area contributed by atoms with E-state index in [9.17, 15) is 0 Å². The van der Waals surface area contributed by atoms with E-state index in [0.717, 1.165) is 27.8 Å². The number of para-hydroxylation sites is 2. The van der Waals surface area contributed by atoms with E-state index in [1.807, 2.05) is 127 Å². The Hall–Kier alpha value is -5.86. The molecular formula is C46H40N2. The first-order valence-corrected chi connectivity index (χ1v) is 16.1. The molecule has 0 radical (unpaired) electrons.